The zero-order chi connectivity index (χ0) is 17.8. The van der Waals surface area contributed by atoms with Crippen molar-refractivity contribution in [3.8, 4) is 0 Å². The highest BCUT2D eigenvalue weighted by molar-refractivity contribution is 5.77. The van der Waals surface area contributed by atoms with Crippen LogP contribution < -0.4 is 5.32 Å². The quantitative estimate of drug-likeness (QED) is 0.628. The number of fused-ring (bicyclic) bond motifs is 1. The van der Waals surface area contributed by atoms with Crippen LogP contribution in [0.1, 0.15) is 11.1 Å². The van der Waals surface area contributed by atoms with Crippen molar-refractivity contribution in [2.45, 2.75) is 37.3 Å². The fraction of sp³-hybridized carbons (Fsp3) is 0.611. The molecule has 2 aliphatic heterocycles. The first-order chi connectivity index (χ1) is 12.1. The SMILES string of the molecule is COCC(=O)NCC1OC(CO)C(O)C1N1CCc2ccccc2C1. The van der Waals surface area contributed by atoms with Crippen LogP contribution in [-0.4, -0.2) is 78.8 Å². The Labute approximate surface area is 147 Å². The highest BCUT2D eigenvalue weighted by Crippen LogP contribution is 2.30. The lowest BCUT2D eigenvalue weighted by molar-refractivity contribution is -0.125. The highest BCUT2D eigenvalue weighted by atomic mass is 16.5. The number of ether oxygens (including phenoxy) is 2. The van der Waals surface area contributed by atoms with Gasteiger partial charge in [0.1, 0.15) is 18.8 Å². The lowest BCUT2D eigenvalue weighted by atomic mass is 9.95. The molecule has 0 aliphatic carbocycles. The first-order valence-corrected chi connectivity index (χ1v) is 8.65. The molecule has 1 amide bonds. The third kappa shape index (κ3) is 4.02. The molecule has 7 nitrogen and oxygen atoms in total. The summed E-state index contributed by atoms with van der Waals surface area (Å²) >= 11 is 0. The number of nitrogens with one attached hydrogen (secondary N) is 1. The summed E-state index contributed by atoms with van der Waals surface area (Å²) in [5.74, 6) is -0.226. The Morgan fingerprint density at radius 3 is 2.84 bits per heavy atom. The van der Waals surface area contributed by atoms with E-state index in [4.69, 9.17) is 9.47 Å². The third-order valence-corrected chi connectivity index (χ3v) is 5.00. The molecule has 1 aromatic carbocycles. The van der Waals surface area contributed by atoms with Crippen LogP contribution in [0, 0.1) is 0 Å². The Balaban J connectivity index is 1.71. The number of aliphatic hydroxyl groups is 2. The molecule has 2 heterocycles. The minimum absolute atomic E-state index is 0.0134. The van der Waals surface area contributed by atoms with Gasteiger partial charge < -0.3 is 25.0 Å². The number of hydrogen-bond acceptors (Lipinski definition) is 6. The van der Waals surface area contributed by atoms with E-state index >= 15 is 0 Å². The van der Waals surface area contributed by atoms with Crippen molar-refractivity contribution < 1.29 is 24.5 Å². The van der Waals surface area contributed by atoms with E-state index in [1.165, 1.54) is 18.2 Å². The number of methoxy groups -OCH3 is 1. The van der Waals surface area contributed by atoms with Crippen LogP contribution in [0.2, 0.25) is 0 Å². The molecule has 4 atom stereocenters. The van der Waals surface area contributed by atoms with Gasteiger partial charge in [0, 0.05) is 26.7 Å². The second-order valence-corrected chi connectivity index (χ2v) is 6.60. The molecule has 4 unspecified atom stereocenters. The summed E-state index contributed by atoms with van der Waals surface area (Å²) in [6.45, 7) is 1.55. The van der Waals surface area contributed by atoms with Crippen LogP contribution in [0.5, 0.6) is 0 Å². The Bertz CT molecular complexity index is 597. The standard InChI is InChI=1S/C18H26N2O5/c1-24-11-16(22)19-8-14-17(18(23)15(10-21)25-14)20-7-6-12-4-2-3-5-13(12)9-20/h2-5,14-15,17-18,21,23H,6-11H2,1H3,(H,19,22). The molecular formula is C18H26N2O5. The predicted octanol–water partition coefficient (Wildman–Crippen LogP) is -0.703. The third-order valence-electron chi connectivity index (χ3n) is 5.00. The number of carbonyl (C=O) groups excluding carboxylic acids is 1. The number of hydrogen-bond donors (Lipinski definition) is 3. The fourth-order valence-electron chi connectivity index (χ4n) is 3.76. The van der Waals surface area contributed by atoms with E-state index in [1.54, 1.807) is 0 Å². The maximum Gasteiger partial charge on any atom is 0.246 e. The van der Waals surface area contributed by atoms with E-state index in [2.05, 4.69) is 22.3 Å². The Morgan fingerprint density at radius 2 is 2.12 bits per heavy atom. The molecule has 25 heavy (non-hydrogen) atoms. The van der Waals surface area contributed by atoms with Gasteiger partial charge in [-0.05, 0) is 17.5 Å². The lowest BCUT2D eigenvalue weighted by Crippen LogP contribution is -2.52. The monoisotopic (exact) mass is 350 g/mol. The van der Waals surface area contributed by atoms with Crippen molar-refractivity contribution >= 4 is 5.91 Å². The molecule has 3 rings (SSSR count). The van der Waals surface area contributed by atoms with E-state index < -0.39 is 12.2 Å². The zero-order valence-electron chi connectivity index (χ0n) is 14.4. The average molecular weight is 350 g/mol. The molecule has 3 N–H and O–H groups in total. The van der Waals surface area contributed by atoms with Gasteiger partial charge in [-0.3, -0.25) is 9.69 Å². The molecule has 0 aromatic heterocycles. The minimum Gasteiger partial charge on any atom is -0.394 e. The maximum atomic E-state index is 11.7. The molecule has 7 heteroatoms. The topological polar surface area (TPSA) is 91.3 Å². The molecule has 0 spiro atoms. The van der Waals surface area contributed by atoms with E-state index in [9.17, 15) is 15.0 Å². The molecule has 1 saturated heterocycles. The second-order valence-electron chi connectivity index (χ2n) is 6.60. The Kier molecular flexibility index (Phi) is 6.03. The Hall–Kier alpha value is -1.51. The smallest absolute Gasteiger partial charge is 0.246 e. The van der Waals surface area contributed by atoms with E-state index in [1.807, 2.05) is 12.1 Å². The van der Waals surface area contributed by atoms with E-state index in [-0.39, 0.29) is 37.8 Å². The normalized spacial score (nSPS) is 29.4. The molecule has 1 aromatic rings. The number of benzene rings is 1. The first kappa shape index (κ1) is 18.3. The van der Waals surface area contributed by atoms with Crippen LogP contribution in [0.15, 0.2) is 24.3 Å². The maximum absolute atomic E-state index is 11.7. The van der Waals surface area contributed by atoms with Crippen LogP contribution in [0.25, 0.3) is 0 Å². The lowest BCUT2D eigenvalue weighted by Gasteiger charge is -2.37. The molecule has 2 aliphatic rings. The number of rotatable bonds is 6. The largest absolute Gasteiger partial charge is 0.394 e. The van der Waals surface area contributed by atoms with Crippen molar-refractivity contribution in [2.75, 3.05) is 33.4 Å². The highest BCUT2D eigenvalue weighted by Gasteiger charge is 2.46. The molecule has 0 saturated carbocycles. The summed E-state index contributed by atoms with van der Waals surface area (Å²) in [5, 5.41) is 22.9. The summed E-state index contributed by atoms with van der Waals surface area (Å²) in [6.07, 6.45) is -0.893. The van der Waals surface area contributed by atoms with Gasteiger partial charge in [0.25, 0.3) is 0 Å². The molecule has 0 radical (unpaired) electrons. The van der Waals surface area contributed by atoms with Crippen LogP contribution in [0.4, 0.5) is 0 Å². The number of nitrogens with zero attached hydrogens (tertiary/aromatic N) is 1. The minimum atomic E-state index is -0.792. The van der Waals surface area contributed by atoms with Crippen molar-refractivity contribution in [1.82, 2.24) is 10.2 Å². The number of amides is 1. The van der Waals surface area contributed by atoms with Gasteiger partial charge in [-0.1, -0.05) is 24.3 Å². The molecule has 138 valence electrons. The van der Waals surface area contributed by atoms with Gasteiger partial charge >= 0.3 is 0 Å². The number of aliphatic hydroxyl groups excluding tert-OH is 2. The average Bonchev–Trinajstić information content (AvgIpc) is 2.95. The summed E-state index contributed by atoms with van der Waals surface area (Å²) < 4.78 is 10.6. The van der Waals surface area contributed by atoms with Gasteiger partial charge in [-0.15, -0.1) is 0 Å². The van der Waals surface area contributed by atoms with Crippen molar-refractivity contribution in [3.63, 3.8) is 0 Å². The Morgan fingerprint density at radius 1 is 1.36 bits per heavy atom. The zero-order valence-corrected chi connectivity index (χ0v) is 14.4. The molecule has 0 bridgehead atoms. The van der Waals surface area contributed by atoms with Crippen LogP contribution in [-0.2, 0) is 27.2 Å². The van der Waals surface area contributed by atoms with Gasteiger partial charge in [-0.25, -0.2) is 0 Å². The fourth-order valence-corrected chi connectivity index (χ4v) is 3.76. The first-order valence-electron chi connectivity index (χ1n) is 8.65. The summed E-state index contributed by atoms with van der Waals surface area (Å²) in [7, 11) is 1.46. The number of carbonyl (C=O) groups is 1. The molecule has 1 fully saturated rings. The van der Waals surface area contributed by atoms with Crippen LogP contribution in [0.3, 0.4) is 0 Å². The molecular weight excluding hydrogens is 324 g/mol. The van der Waals surface area contributed by atoms with Crippen molar-refractivity contribution in [2.24, 2.45) is 0 Å². The summed E-state index contributed by atoms with van der Waals surface area (Å²) in [5.41, 5.74) is 2.58. The van der Waals surface area contributed by atoms with E-state index in [0.717, 1.165) is 19.5 Å². The second kappa shape index (κ2) is 8.25. The van der Waals surface area contributed by atoms with Gasteiger partial charge in [0.05, 0.1) is 18.8 Å². The summed E-state index contributed by atoms with van der Waals surface area (Å²) in [6, 6.07) is 8.02. The van der Waals surface area contributed by atoms with Crippen molar-refractivity contribution in [1.29, 1.82) is 0 Å². The van der Waals surface area contributed by atoms with Gasteiger partial charge in [0.2, 0.25) is 5.91 Å². The van der Waals surface area contributed by atoms with Crippen LogP contribution >= 0.6 is 0 Å². The summed E-state index contributed by atoms with van der Waals surface area (Å²) in [4.78, 5) is 13.9. The van der Waals surface area contributed by atoms with E-state index in [0.29, 0.717) is 0 Å². The van der Waals surface area contributed by atoms with Gasteiger partial charge in [0.15, 0.2) is 0 Å². The predicted molar refractivity (Wildman–Crippen MR) is 91.0 cm³/mol. The van der Waals surface area contributed by atoms with Gasteiger partial charge in [-0.2, -0.15) is 0 Å². The van der Waals surface area contributed by atoms with Crippen molar-refractivity contribution in [3.05, 3.63) is 35.4 Å².